The van der Waals surface area contributed by atoms with E-state index in [2.05, 4.69) is 5.92 Å². The molecule has 2 heteroatoms. The third kappa shape index (κ3) is 1.81. The van der Waals surface area contributed by atoms with Crippen LogP contribution in [0.15, 0.2) is 0 Å². The molecule has 0 heterocycles. The van der Waals surface area contributed by atoms with Crippen LogP contribution in [-0.2, 0) is 4.79 Å². The largest absolute Gasteiger partial charge is 0.378 e. The summed E-state index contributed by atoms with van der Waals surface area (Å²) in [6, 6.07) is 0. The SMILES string of the molecule is C#CC1(O)CCC(C=O)CC1. The first-order valence-corrected chi connectivity index (χ1v) is 3.85. The van der Waals surface area contributed by atoms with Crippen LogP contribution in [-0.4, -0.2) is 17.0 Å². The van der Waals surface area contributed by atoms with Crippen molar-refractivity contribution in [3.63, 3.8) is 0 Å². The Hall–Kier alpha value is -0.810. The molecule has 0 aromatic rings. The molecule has 0 saturated heterocycles. The first kappa shape index (κ1) is 8.29. The molecule has 1 fully saturated rings. The second kappa shape index (κ2) is 3.06. The highest BCUT2D eigenvalue weighted by atomic mass is 16.3. The van der Waals surface area contributed by atoms with Crippen molar-refractivity contribution >= 4 is 6.29 Å². The number of hydrogen-bond donors (Lipinski definition) is 1. The van der Waals surface area contributed by atoms with Crippen molar-refractivity contribution in [3.8, 4) is 12.3 Å². The smallest absolute Gasteiger partial charge is 0.125 e. The zero-order valence-corrected chi connectivity index (χ0v) is 6.42. The molecule has 1 rings (SSSR count). The van der Waals surface area contributed by atoms with Gasteiger partial charge in [-0.05, 0) is 25.7 Å². The van der Waals surface area contributed by atoms with Gasteiger partial charge in [-0.2, -0.15) is 0 Å². The van der Waals surface area contributed by atoms with Gasteiger partial charge in [-0.25, -0.2) is 0 Å². The highest BCUT2D eigenvalue weighted by Gasteiger charge is 2.30. The van der Waals surface area contributed by atoms with Crippen LogP contribution in [0.2, 0.25) is 0 Å². The average Bonchev–Trinajstić information content (AvgIpc) is 2.06. The minimum absolute atomic E-state index is 0.114. The Morgan fingerprint density at radius 2 is 2.09 bits per heavy atom. The minimum Gasteiger partial charge on any atom is -0.378 e. The molecule has 1 aliphatic carbocycles. The monoisotopic (exact) mass is 152 g/mol. The molecule has 0 atom stereocenters. The van der Waals surface area contributed by atoms with Gasteiger partial charge in [0.15, 0.2) is 0 Å². The molecular weight excluding hydrogens is 140 g/mol. The summed E-state index contributed by atoms with van der Waals surface area (Å²) in [5, 5.41) is 9.54. The van der Waals surface area contributed by atoms with Crippen molar-refractivity contribution in [3.05, 3.63) is 0 Å². The third-order valence-corrected chi connectivity index (χ3v) is 2.32. The first-order valence-electron chi connectivity index (χ1n) is 3.85. The molecule has 0 aliphatic heterocycles. The second-order valence-electron chi connectivity index (χ2n) is 3.15. The lowest BCUT2D eigenvalue weighted by Crippen LogP contribution is -2.32. The normalized spacial score (nSPS) is 37.6. The number of carbonyl (C=O) groups is 1. The summed E-state index contributed by atoms with van der Waals surface area (Å²) in [4.78, 5) is 10.3. The number of aliphatic hydroxyl groups is 1. The van der Waals surface area contributed by atoms with Crippen LogP contribution in [0.3, 0.4) is 0 Å². The van der Waals surface area contributed by atoms with Crippen molar-refractivity contribution in [1.82, 2.24) is 0 Å². The van der Waals surface area contributed by atoms with Crippen molar-refractivity contribution in [2.24, 2.45) is 5.92 Å². The van der Waals surface area contributed by atoms with Gasteiger partial charge in [0.2, 0.25) is 0 Å². The Balaban J connectivity index is 2.49. The molecule has 0 spiro atoms. The fourth-order valence-corrected chi connectivity index (χ4v) is 1.40. The van der Waals surface area contributed by atoms with Crippen molar-refractivity contribution < 1.29 is 9.90 Å². The van der Waals surface area contributed by atoms with E-state index in [0.717, 1.165) is 19.1 Å². The van der Waals surface area contributed by atoms with E-state index < -0.39 is 5.60 Å². The molecule has 0 aromatic heterocycles. The van der Waals surface area contributed by atoms with E-state index in [1.807, 2.05) is 0 Å². The highest BCUT2D eigenvalue weighted by Crippen LogP contribution is 2.30. The Labute approximate surface area is 66.6 Å². The van der Waals surface area contributed by atoms with E-state index in [1.165, 1.54) is 0 Å². The lowest BCUT2D eigenvalue weighted by Gasteiger charge is -2.29. The summed E-state index contributed by atoms with van der Waals surface area (Å²) in [6.07, 6.45) is 8.67. The zero-order valence-electron chi connectivity index (χ0n) is 6.42. The molecule has 0 unspecified atom stereocenters. The third-order valence-electron chi connectivity index (χ3n) is 2.32. The number of carbonyl (C=O) groups excluding carboxylic acids is 1. The van der Waals surface area contributed by atoms with Crippen LogP contribution in [0.5, 0.6) is 0 Å². The van der Waals surface area contributed by atoms with Crippen LogP contribution in [0.25, 0.3) is 0 Å². The zero-order chi connectivity index (χ0) is 8.32. The molecule has 1 aliphatic rings. The molecule has 0 aromatic carbocycles. The van der Waals surface area contributed by atoms with Crippen LogP contribution in [0.4, 0.5) is 0 Å². The minimum atomic E-state index is -0.931. The maximum atomic E-state index is 10.3. The predicted octanol–water partition coefficient (Wildman–Crippen LogP) is 0.740. The van der Waals surface area contributed by atoms with Crippen molar-refractivity contribution in [2.75, 3.05) is 0 Å². The summed E-state index contributed by atoms with van der Waals surface area (Å²) in [6.45, 7) is 0. The van der Waals surface area contributed by atoms with Gasteiger partial charge in [0.25, 0.3) is 0 Å². The summed E-state index contributed by atoms with van der Waals surface area (Å²) >= 11 is 0. The van der Waals surface area contributed by atoms with Crippen LogP contribution >= 0.6 is 0 Å². The maximum Gasteiger partial charge on any atom is 0.125 e. The maximum absolute atomic E-state index is 10.3. The fourth-order valence-electron chi connectivity index (χ4n) is 1.40. The van der Waals surface area contributed by atoms with Crippen LogP contribution in [0, 0.1) is 18.3 Å². The molecule has 1 N–H and O–H groups in total. The van der Waals surface area contributed by atoms with E-state index >= 15 is 0 Å². The first-order chi connectivity index (χ1) is 5.20. The molecule has 2 nitrogen and oxygen atoms in total. The number of hydrogen-bond acceptors (Lipinski definition) is 2. The van der Waals surface area contributed by atoms with Gasteiger partial charge in [0.05, 0.1) is 0 Å². The summed E-state index contributed by atoms with van der Waals surface area (Å²) in [5.41, 5.74) is -0.931. The predicted molar refractivity (Wildman–Crippen MR) is 41.8 cm³/mol. The van der Waals surface area contributed by atoms with Gasteiger partial charge >= 0.3 is 0 Å². The number of terminal acetylenes is 1. The highest BCUT2D eigenvalue weighted by molar-refractivity contribution is 5.53. The number of aldehydes is 1. The lowest BCUT2D eigenvalue weighted by molar-refractivity contribution is -0.112. The second-order valence-corrected chi connectivity index (χ2v) is 3.15. The summed E-state index contributed by atoms with van der Waals surface area (Å²) in [5.74, 6) is 2.48. The number of rotatable bonds is 1. The molecule has 0 radical (unpaired) electrons. The molecule has 0 amide bonds. The molecular formula is C9H12O2. The van der Waals surface area contributed by atoms with E-state index in [1.54, 1.807) is 0 Å². The van der Waals surface area contributed by atoms with Crippen LogP contribution < -0.4 is 0 Å². The summed E-state index contributed by atoms with van der Waals surface area (Å²) in [7, 11) is 0. The Kier molecular flexibility index (Phi) is 2.31. The van der Waals surface area contributed by atoms with Gasteiger partial charge < -0.3 is 9.90 Å². The van der Waals surface area contributed by atoms with Crippen molar-refractivity contribution in [1.29, 1.82) is 0 Å². The van der Waals surface area contributed by atoms with E-state index in [4.69, 9.17) is 6.42 Å². The van der Waals surface area contributed by atoms with Gasteiger partial charge in [-0.15, -0.1) is 6.42 Å². The van der Waals surface area contributed by atoms with Gasteiger partial charge in [-0.1, -0.05) is 5.92 Å². The fraction of sp³-hybridized carbons (Fsp3) is 0.667. The van der Waals surface area contributed by atoms with Crippen molar-refractivity contribution in [2.45, 2.75) is 31.3 Å². The molecule has 0 bridgehead atoms. The van der Waals surface area contributed by atoms with Gasteiger partial charge in [0.1, 0.15) is 11.9 Å². The average molecular weight is 152 g/mol. The van der Waals surface area contributed by atoms with E-state index in [9.17, 15) is 9.90 Å². The topological polar surface area (TPSA) is 37.3 Å². The van der Waals surface area contributed by atoms with Gasteiger partial charge in [0, 0.05) is 5.92 Å². The van der Waals surface area contributed by atoms with Gasteiger partial charge in [-0.3, -0.25) is 0 Å². The van der Waals surface area contributed by atoms with E-state index in [-0.39, 0.29) is 5.92 Å². The lowest BCUT2D eigenvalue weighted by atomic mass is 9.80. The quantitative estimate of drug-likeness (QED) is 0.444. The molecule has 11 heavy (non-hydrogen) atoms. The molecule has 60 valence electrons. The Bertz CT molecular complexity index is 182. The standard InChI is InChI=1S/C9H12O2/c1-2-9(11)5-3-8(7-10)4-6-9/h1,7-8,11H,3-6H2. The summed E-state index contributed by atoms with van der Waals surface area (Å²) < 4.78 is 0. The van der Waals surface area contributed by atoms with Crippen LogP contribution in [0.1, 0.15) is 25.7 Å². The Morgan fingerprint density at radius 1 is 1.55 bits per heavy atom. The van der Waals surface area contributed by atoms with E-state index in [0.29, 0.717) is 12.8 Å². The Morgan fingerprint density at radius 3 is 2.45 bits per heavy atom. The molecule has 1 saturated carbocycles.